The Morgan fingerprint density at radius 2 is 2.18 bits per heavy atom. The Labute approximate surface area is 130 Å². The highest BCUT2D eigenvalue weighted by Crippen LogP contribution is 2.24. The molecule has 5 nitrogen and oxygen atoms in total. The number of amides is 1. The van der Waals surface area contributed by atoms with Gasteiger partial charge >= 0.3 is 5.97 Å². The molecule has 0 aromatic heterocycles. The maximum atomic E-state index is 12.6. The summed E-state index contributed by atoms with van der Waals surface area (Å²) in [6, 6.07) is 5.48. The molecule has 1 aromatic carbocycles. The fourth-order valence-corrected chi connectivity index (χ4v) is 2.95. The van der Waals surface area contributed by atoms with Crippen molar-refractivity contribution < 1.29 is 19.4 Å². The molecule has 1 aliphatic heterocycles. The first kappa shape index (κ1) is 16.3. The lowest BCUT2D eigenvalue weighted by molar-refractivity contribution is -0.137. The van der Waals surface area contributed by atoms with Gasteiger partial charge in [-0.15, -0.1) is 0 Å². The standard InChI is InChI=1S/C17H23NO4/c1-12-5-7-14(10-15(12)22-2)17(21)18-9-3-4-13(11-18)6-8-16(19)20/h5,7,10,13H,3-4,6,8-9,11H2,1-2H3,(H,19,20). The van der Waals surface area contributed by atoms with Crippen molar-refractivity contribution in [1.82, 2.24) is 4.90 Å². The molecule has 1 aromatic rings. The highest BCUT2D eigenvalue weighted by molar-refractivity contribution is 5.94. The third-order valence-corrected chi connectivity index (χ3v) is 4.23. The summed E-state index contributed by atoms with van der Waals surface area (Å²) in [6.07, 6.45) is 2.73. The predicted octanol–water partition coefficient (Wildman–Crippen LogP) is 2.72. The van der Waals surface area contributed by atoms with Gasteiger partial charge in [-0.2, -0.15) is 0 Å². The first-order valence-electron chi connectivity index (χ1n) is 7.67. The van der Waals surface area contributed by atoms with Gasteiger partial charge in [-0.1, -0.05) is 6.07 Å². The topological polar surface area (TPSA) is 66.8 Å². The van der Waals surface area contributed by atoms with Crippen molar-refractivity contribution in [3.63, 3.8) is 0 Å². The Balaban J connectivity index is 2.03. The number of methoxy groups -OCH3 is 1. The van der Waals surface area contributed by atoms with Crippen LogP contribution in [0.2, 0.25) is 0 Å². The molecule has 1 saturated heterocycles. The zero-order chi connectivity index (χ0) is 16.1. The van der Waals surface area contributed by atoms with Gasteiger partial charge in [-0.05, 0) is 49.8 Å². The number of nitrogens with zero attached hydrogens (tertiary/aromatic N) is 1. The number of carboxylic acid groups (broad SMARTS) is 1. The van der Waals surface area contributed by atoms with E-state index in [1.54, 1.807) is 13.2 Å². The zero-order valence-electron chi connectivity index (χ0n) is 13.2. The monoisotopic (exact) mass is 305 g/mol. The SMILES string of the molecule is COc1cc(C(=O)N2CCCC(CCC(=O)O)C2)ccc1C. The first-order chi connectivity index (χ1) is 10.5. The number of aliphatic carboxylic acids is 1. The molecular formula is C17H23NO4. The Bertz CT molecular complexity index is 556. The van der Waals surface area contributed by atoms with E-state index in [1.807, 2.05) is 24.0 Å². The van der Waals surface area contributed by atoms with Crippen molar-refractivity contribution in [2.24, 2.45) is 5.92 Å². The number of aryl methyl sites for hydroxylation is 1. The molecule has 0 aliphatic carbocycles. The second kappa shape index (κ2) is 7.29. The Morgan fingerprint density at radius 3 is 2.86 bits per heavy atom. The van der Waals surface area contributed by atoms with Gasteiger partial charge in [0.05, 0.1) is 7.11 Å². The fraction of sp³-hybridized carbons (Fsp3) is 0.529. The van der Waals surface area contributed by atoms with Crippen LogP contribution in [-0.2, 0) is 4.79 Å². The van der Waals surface area contributed by atoms with Crippen molar-refractivity contribution in [2.75, 3.05) is 20.2 Å². The summed E-state index contributed by atoms with van der Waals surface area (Å²) in [7, 11) is 1.60. The maximum absolute atomic E-state index is 12.6. The average molecular weight is 305 g/mol. The van der Waals surface area contributed by atoms with Gasteiger partial charge in [-0.25, -0.2) is 0 Å². The number of carbonyl (C=O) groups is 2. The van der Waals surface area contributed by atoms with Crippen LogP contribution in [0.5, 0.6) is 5.75 Å². The van der Waals surface area contributed by atoms with Crippen LogP contribution < -0.4 is 4.74 Å². The summed E-state index contributed by atoms with van der Waals surface area (Å²) in [5.74, 6) is 0.219. The molecule has 0 saturated carbocycles. The van der Waals surface area contributed by atoms with E-state index in [1.165, 1.54) is 0 Å². The molecule has 0 bridgehead atoms. The van der Waals surface area contributed by atoms with Crippen molar-refractivity contribution >= 4 is 11.9 Å². The number of hydrogen-bond donors (Lipinski definition) is 1. The summed E-state index contributed by atoms with van der Waals surface area (Å²) in [5, 5.41) is 8.79. The van der Waals surface area contributed by atoms with Crippen molar-refractivity contribution in [2.45, 2.75) is 32.6 Å². The molecule has 1 unspecified atom stereocenters. The van der Waals surface area contributed by atoms with E-state index in [0.717, 1.165) is 24.9 Å². The number of hydrogen-bond acceptors (Lipinski definition) is 3. The van der Waals surface area contributed by atoms with Gasteiger partial charge in [0.1, 0.15) is 5.75 Å². The minimum Gasteiger partial charge on any atom is -0.496 e. The van der Waals surface area contributed by atoms with Gasteiger partial charge in [0.15, 0.2) is 0 Å². The highest BCUT2D eigenvalue weighted by atomic mass is 16.5. The van der Waals surface area contributed by atoms with Crippen LogP contribution in [0.1, 0.15) is 41.6 Å². The summed E-state index contributed by atoms with van der Waals surface area (Å²) in [6.45, 7) is 3.32. The van der Waals surface area contributed by atoms with E-state index in [-0.39, 0.29) is 18.2 Å². The molecule has 1 N–H and O–H groups in total. The number of benzene rings is 1. The Morgan fingerprint density at radius 1 is 1.41 bits per heavy atom. The number of piperidine rings is 1. The number of ether oxygens (including phenoxy) is 1. The third-order valence-electron chi connectivity index (χ3n) is 4.23. The zero-order valence-corrected chi connectivity index (χ0v) is 13.2. The quantitative estimate of drug-likeness (QED) is 0.908. The Hall–Kier alpha value is -2.04. The maximum Gasteiger partial charge on any atom is 0.303 e. The lowest BCUT2D eigenvalue weighted by Crippen LogP contribution is -2.40. The van der Waals surface area contributed by atoms with Gasteiger partial charge in [0, 0.05) is 25.1 Å². The molecule has 1 fully saturated rings. The number of rotatable bonds is 5. The largest absolute Gasteiger partial charge is 0.496 e. The predicted molar refractivity (Wildman–Crippen MR) is 83.2 cm³/mol. The van der Waals surface area contributed by atoms with Crippen molar-refractivity contribution in [3.05, 3.63) is 29.3 Å². The second-order valence-electron chi connectivity index (χ2n) is 5.88. The lowest BCUT2D eigenvalue weighted by atomic mass is 9.93. The molecule has 1 aliphatic rings. The molecule has 120 valence electrons. The van der Waals surface area contributed by atoms with Crippen LogP contribution in [-0.4, -0.2) is 42.1 Å². The van der Waals surface area contributed by atoms with Gasteiger partial charge in [0.25, 0.3) is 5.91 Å². The minimum atomic E-state index is -0.772. The van der Waals surface area contributed by atoms with Crippen LogP contribution in [0.3, 0.4) is 0 Å². The smallest absolute Gasteiger partial charge is 0.303 e. The molecule has 1 heterocycles. The average Bonchev–Trinajstić information content (AvgIpc) is 2.53. The van der Waals surface area contributed by atoms with Crippen LogP contribution in [0, 0.1) is 12.8 Å². The number of carboxylic acids is 1. The minimum absolute atomic E-state index is 0.00155. The van der Waals surface area contributed by atoms with Crippen LogP contribution in [0.4, 0.5) is 0 Å². The van der Waals surface area contributed by atoms with Gasteiger partial charge < -0.3 is 14.7 Å². The fourth-order valence-electron chi connectivity index (χ4n) is 2.95. The van der Waals surface area contributed by atoms with E-state index < -0.39 is 5.97 Å². The molecule has 0 spiro atoms. The second-order valence-corrected chi connectivity index (χ2v) is 5.88. The third kappa shape index (κ3) is 4.00. The van der Waals surface area contributed by atoms with Crippen molar-refractivity contribution in [3.8, 4) is 5.75 Å². The van der Waals surface area contributed by atoms with E-state index in [4.69, 9.17) is 9.84 Å². The molecule has 22 heavy (non-hydrogen) atoms. The van der Waals surface area contributed by atoms with Crippen molar-refractivity contribution in [1.29, 1.82) is 0 Å². The highest BCUT2D eigenvalue weighted by Gasteiger charge is 2.25. The number of carbonyl (C=O) groups excluding carboxylic acids is 1. The first-order valence-corrected chi connectivity index (χ1v) is 7.67. The normalized spacial score (nSPS) is 18.1. The van der Waals surface area contributed by atoms with E-state index in [0.29, 0.717) is 24.3 Å². The molecule has 1 atom stereocenters. The molecule has 1 amide bonds. The van der Waals surface area contributed by atoms with Gasteiger partial charge in [0.2, 0.25) is 0 Å². The summed E-state index contributed by atoms with van der Waals surface area (Å²) in [5.41, 5.74) is 1.62. The van der Waals surface area contributed by atoms with Gasteiger partial charge in [-0.3, -0.25) is 9.59 Å². The van der Waals surface area contributed by atoms with Crippen LogP contribution in [0.25, 0.3) is 0 Å². The summed E-state index contributed by atoms with van der Waals surface area (Å²) in [4.78, 5) is 25.1. The summed E-state index contributed by atoms with van der Waals surface area (Å²) < 4.78 is 5.27. The molecular weight excluding hydrogens is 282 g/mol. The Kier molecular flexibility index (Phi) is 5.41. The summed E-state index contributed by atoms with van der Waals surface area (Å²) >= 11 is 0. The number of likely N-dealkylation sites (tertiary alicyclic amines) is 1. The van der Waals surface area contributed by atoms with E-state index in [2.05, 4.69) is 0 Å². The van der Waals surface area contributed by atoms with E-state index in [9.17, 15) is 9.59 Å². The molecule has 5 heteroatoms. The molecule has 2 rings (SSSR count). The molecule has 0 radical (unpaired) electrons. The van der Waals surface area contributed by atoms with Crippen LogP contribution in [0.15, 0.2) is 18.2 Å². The lowest BCUT2D eigenvalue weighted by Gasteiger charge is -2.32. The van der Waals surface area contributed by atoms with E-state index >= 15 is 0 Å². The van der Waals surface area contributed by atoms with Crippen LogP contribution >= 0.6 is 0 Å².